The zero-order valence-corrected chi connectivity index (χ0v) is 32.2. The number of piperidine rings is 1. The number of urea groups is 1. The van der Waals surface area contributed by atoms with Crippen LogP contribution in [0.4, 0.5) is 20.6 Å². The number of hydrogen-bond acceptors (Lipinski definition) is 9. The van der Waals surface area contributed by atoms with Gasteiger partial charge in [-0.3, -0.25) is 28.8 Å². The Morgan fingerprint density at radius 2 is 1.64 bits per heavy atom. The lowest BCUT2D eigenvalue weighted by Crippen LogP contribution is -2.44. The van der Waals surface area contributed by atoms with Crippen molar-refractivity contribution < 1.29 is 41.5 Å². The number of benzene rings is 5. The van der Waals surface area contributed by atoms with Gasteiger partial charge in [0.1, 0.15) is 43.0 Å². The number of anilines is 2. The van der Waals surface area contributed by atoms with Crippen molar-refractivity contribution in [3.63, 3.8) is 0 Å². The Hall–Kier alpha value is -7.21. The number of nitrogens with one attached hydrogen (secondary N) is 4. The topological polar surface area (TPSA) is 199 Å². The molecule has 0 radical (unpaired) electrons. The second-order valence-corrected chi connectivity index (χ2v) is 15.5. The van der Waals surface area contributed by atoms with Crippen molar-refractivity contribution in [3.8, 4) is 22.6 Å². The lowest BCUT2D eigenvalue weighted by Gasteiger charge is -2.21. The van der Waals surface area contributed by atoms with Crippen molar-refractivity contribution in [1.82, 2.24) is 24.5 Å². The molecule has 0 saturated carbocycles. The first-order valence-corrected chi connectivity index (χ1v) is 19.9. The van der Waals surface area contributed by atoms with Gasteiger partial charge in [0, 0.05) is 24.5 Å². The fraction of sp³-hybridized carbons (Fsp3) is 0.195. The number of rotatable bonds is 11. The van der Waals surface area contributed by atoms with Crippen molar-refractivity contribution in [2.24, 2.45) is 7.05 Å². The third-order valence-electron chi connectivity index (χ3n) is 10.0. The fourth-order valence-electron chi connectivity index (χ4n) is 7.14. The molecule has 1 aromatic heterocycles. The minimum absolute atomic E-state index is 0.0137. The summed E-state index contributed by atoms with van der Waals surface area (Å²) in [5.74, 6) is -2.41. The van der Waals surface area contributed by atoms with Gasteiger partial charge in [-0.25, -0.2) is 23.0 Å². The average molecular weight is 822 g/mol. The summed E-state index contributed by atoms with van der Waals surface area (Å²) in [6.45, 7) is -0.502. The number of fused-ring (bicyclic) bond motifs is 2. The lowest BCUT2D eigenvalue weighted by atomic mass is 10.0. The van der Waals surface area contributed by atoms with Crippen LogP contribution in [-0.4, -0.2) is 61.0 Å². The van der Waals surface area contributed by atoms with Crippen LogP contribution in [0.15, 0.2) is 102 Å². The number of imide groups is 1. The average Bonchev–Trinajstić information content (AvgIpc) is 3.64. The Labute approximate surface area is 335 Å². The van der Waals surface area contributed by atoms with E-state index in [0.717, 1.165) is 16.7 Å². The van der Waals surface area contributed by atoms with E-state index in [4.69, 9.17) is 9.47 Å². The molecule has 5 amide bonds. The van der Waals surface area contributed by atoms with Gasteiger partial charge >= 0.3 is 21.9 Å². The number of carbonyl (C=O) groups excluding carboxylic acids is 4. The largest absolute Gasteiger partial charge is 0.492 e. The first-order valence-electron chi connectivity index (χ1n) is 18.5. The molecule has 2 fully saturated rings. The molecule has 18 heteroatoms. The monoisotopic (exact) mass is 821 g/mol. The number of amides is 5. The fourth-order valence-corrected chi connectivity index (χ4v) is 8.30. The van der Waals surface area contributed by atoms with E-state index in [9.17, 15) is 32.4 Å². The summed E-state index contributed by atoms with van der Waals surface area (Å²) in [6, 6.07) is 26.4. The molecule has 5 aromatic carbocycles. The minimum Gasteiger partial charge on any atom is -0.492 e. The van der Waals surface area contributed by atoms with Crippen LogP contribution in [-0.2, 0) is 38.2 Å². The van der Waals surface area contributed by atoms with Crippen molar-refractivity contribution in [2.75, 3.05) is 29.3 Å². The minimum atomic E-state index is -4.37. The van der Waals surface area contributed by atoms with E-state index in [1.165, 1.54) is 21.3 Å². The van der Waals surface area contributed by atoms with E-state index in [0.29, 0.717) is 26.4 Å². The van der Waals surface area contributed by atoms with Gasteiger partial charge in [0.15, 0.2) is 5.82 Å². The number of carbonyl (C=O) groups is 4. The molecule has 2 saturated heterocycles. The summed E-state index contributed by atoms with van der Waals surface area (Å²) in [4.78, 5) is 62.1. The molecule has 1 atom stereocenters. The third kappa shape index (κ3) is 7.76. The highest BCUT2D eigenvalue weighted by molar-refractivity contribution is 7.92. The van der Waals surface area contributed by atoms with Crippen molar-refractivity contribution in [3.05, 3.63) is 119 Å². The molecule has 16 nitrogen and oxygen atoms in total. The van der Waals surface area contributed by atoms with Gasteiger partial charge in [0.05, 0.1) is 17.6 Å². The molecule has 1 unspecified atom stereocenters. The molecule has 8 rings (SSSR count). The molecule has 0 bridgehead atoms. The maximum absolute atomic E-state index is 16.3. The van der Waals surface area contributed by atoms with E-state index < -0.39 is 52.1 Å². The summed E-state index contributed by atoms with van der Waals surface area (Å²) in [5.41, 5.74) is 3.31. The molecular formula is C41H36FN7O9S. The molecule has 6 aromatic rings. The Bertz CT molecular complexity index is 2840. The number of imidazole rings is 1. The van der Waals surface area contributed by atoms with E-state index in [1.807, 2.05) is 47.2 Å². The van der Waals surface area contributed by atoms with Crippen molar-refractivity contribution in [1.29, 1.82) is 0 Å². The van der Waals surface area contributed by atoms with Crippen LogP contribution in [0, 0.1) is 5.82 Å². The molecule has 59 heavy (non-hydrogen) atoms. The van der Waals surface area contributed by atoms with Crippen LogP contribution in [0.2, 0.25) is 0 Å². The molecule has 302 valence electrons. The first-order chi connectivity index (χ1) is 28.4. The van der Waals surface area contributed by atoms with E-state index in [-0.39, 0.29) is 61.1 Å². The molecule has 2 aliphatic rings. The second-order valence-electron chi connectivity index (χ2n) is 13.9. The number of ether oxygens (including phenoxy) is 2. The highest BCUT2D eigenvalue weighted by Crippen LogP contribution is 2.40. The number of nitrogens with zero attached hydrogens (tertiary/aromatic N) is 3. The summed E-state index contributed by atoms with van der Waals surface area (Å²) < 4.78 is 58.9. The SMILES string of the molecule is Cn1c(=O)n(C2CCC(=O)NC2=O)c2ccc(-c3ccc(NC(=O)NCCOc4ccc5cc(OCc6ccccc6)c(N6CC(=O)NS6(=O)=O)c(F)c5c4)cc3)cc21. The quantitative estimate of drug-likeness (QED) is 0.109. The van der Waals surface area contributed by atoms with Crippen LogP contribution < -0.4 is 40.1 Å². The molecule has 2 aliphatic heterocycles. The number of aromatic nitrogens is 2. The summed E-state index contributed by atoms with van der Waals surface area (Å²) >= 11 is 0. The standard InChI is InChI=1S/C41H36FN7O9S/c1-47-33-19-26(10-14-31(33)49(41(47)54)32-15-16-35(50)45-39(32)52)25-7-11-28(12-8-25)44-40(53)43-17-18-57-29-13-9-27-20-34(58-23-24-5-3-2-4-6-24)38(37(42)30(27)21-29)48-22-36(51)46-59(48,55)56/h2-14,19-21,32H,15-18,22-23H2,1H3,(H,46,51)(H2,43,44,53)(H,45,50,52). The summed E-state index contributed by atoms with van der Waals surface area (Å²) in [5, 5.41) is 8.19. The number of halogens is 1. The summed E-state index contributed by atoms with van der Waals surface area (Å²) in [7, 11) is -2.74. The zero-order chi connectivity index (χ0) is 41.4. The molecule has 0 aliphatic carbocycles. The van der Waals surface area contributed by atoms with Crippen LogP contribution in [0.5, 0.6) is 11.5 Å². The zero-order valence-electron chi connectivity index (χ0n) is 31.4. The van der Waals surface area contributed by atoms with Gasteiger partial charge in [-0.05, 0) is 71.0 Å². The summed E-state index contributed by atoms with van der Waals surface area (Å²) in [6.07, 6.45) is 0.384. The van der Waals surface area contributed by atoms with Crippen LogP contribution >= 0.6 is 0 Å². The normalized spacial score (nSPS) is 16.2. The predicted octanol–water partition coefficient (Wildman–Crippen LogP) is 4.24. The van der Waals surface area contributed by atoms with Gasteiger partial charge in [-0.1, -0.05) is 54.6 Å². The van der Waals surface area contributed by atoms with Crippen LogP contribution in [0.25, 0.3) is 32.9 Å². The lowest BCUT2D eigenvalue weighted by molar-refractivity contribution is -0.135. The molecule has 0 spiro atoms. The predicted molar refractivity (Wildman–Crippen MR) is 216 cm³/mol. The van der Waals surface area contributed by atoms with E-state index in [1.54, 1.807) is 49.5 Å². The van der Waals surface area contributed by atoms with Gasteiger partial charge in [0.25, 0.3) is 5.91 Å². The van der Waals surface area contributed by atoms with Gasteiger partial charge in [-0.2, -0.15) is 8.42 Å². The van der Waals surface area contributed by atoms with E-state index in [2.05, 4.69) is 16.0 Å². The van der Waals surface area contributed by atoms with Gasteiger partial charge < -0.3 is 20.1 Å². The Kier molecular flexibility index (Phi) is 10.2. The maximum Gasteiger partial charge on any atom is 0.329 e. The Morgan fingerprint density at radius 1 is 0.881 bits per heavy atom. The third-order valence-corrected chi connectivity index (χ3v) is 11.4. The van der Waals surface area contributed by atoms with Gasteiger partial charge in [0.2, 0.25) is 11.8 Å². The second kappa shape index (κ2) is 15.6. The van der Waals surface area contributed by atoms with Crippen LogP contribution in [0.3, 0.4) is 0 Å². The van der Waals surface area contributed by atoms with Crippen LogP contribution in [0.1, 0.15) is 24.4 Å². The molecule has 3 heterocycles. The Balaban J connectivity index is 0.898. The smallest absolute Gasteiger partial charge is 0.329 e. The maximum atomic E-state index is 16.3. The van der Waals surface area contributed by atoms with Gasteiger partial charge in [-0.15, -0.1) is 0 Å². The molecule has 4 N–H and O–H groups in total. The van der Waals surface area contributed by atoms with Crippen molar-refractivity contribution in [2.45, 2.75) is 25.5 Å². The highest BCUT2D eigenvalue weighted by Gasteiger charge is 2.38. The first kappa shape index (κ1) is 38.7. The highest BCUT2D eigenvalue weighted by atomic mass is 32.2. The van der Waals surface area contributed by atoms with Crippen molar-refractivity contribution >= 4 is 67.1 Å². The number of hydrogen-bond donors (Lipinski definition) is 4. The van der Waals surface area contributed by atoms with E-state index >= 15 is 4.39 Å². The number of aryl methyl sites for hydroxylation is 1. The molecular weight excluding hydrogens is 786 g/mol. The Morgan fingerprint density at radius 3 is 2.37 bits per heavy atom.